The Morgan fingerprint density at radius 1 is 0.962 bits per heavy atom. The third-order valence-electron chi connectivity index (χ3n) is 5.89. The lowest BCUT2D eigenvalue weighted by Gasteiger charge is -2.38. The van der Waals surface area contributed by atoms with Gasteiger partial charge in [0, 0.05) is 32.2 Å². The van der Waals surface area contributed by atoms with Gasteiger partial charge < -0.3 is 20.4 Å². The van der Waals surface area contributed by atoms with Gasteiger partial charge in [-0.1, -0.05) is 12.8 Å². The highest BCUT2D eigenvalue weighted by Crippen LogP contribution is 2.29. The summed E-state index contributed by atoms with van der Waals surface area (Å²) in [6.45, 7) is 3.32. The fourth-order valence-electron chi connectivity index (χ4n) is 4.49. The van der Waals surface area contributed by atoms with Crippen molar-refractivity contribution >= 4 is 17.8 Å². The molecule has 1 unspecified atom stereocenters. The molecule has 1 aliphatic carbocycles. The first kappa shape index (κ1) is 17.1. The highest BCUT2D eigenvalue weighted by Gasteiger charge is 2.39. The van der Waals surface area contributed by atoms with E-state index in [9.17, 15) is 9.59 Å². The Hall–Kier alpha value is -2.38. The number of nitrogens with two attached hydrogens (primary N) is 1. The minimum Gasteiger partial charge on any atom is -0.364 e. The largest absolute Gasteiger partial charge is 0.364 e. The number of anilines is 1. The summed E-state index contributed by atoms with van der Waals surface area (Å²) in [5.41, 5.74) is 5.39. The Morgan fingerprint density at radius 3 is 2.31 bits per heavy atom. The monoisotopic (exact) mass is 358 g/mol. The first-order valence-corrected chi connectivity index (χ1v) is 9.57. The van der Waals surface area contributed by atoms with Crippen LogP contribution in [0.15, 0.2) is 12.4 Å². The summed E-state index contributed by atoms with van der Waals surface area (Å²) < 4.78 is 0. The van der Waals surface area contributed by atoms with Gasteiger partial charge in [0.2, 0.25) is 0 Å². The quantitative estimate of drug-likeness (QED) is 0.873. The summed E-state index contributed by atoms with van der Waals surface area (Å²) in [7, 11) is 0. The molecule has 8 heteroatoms. The standard InChI is InChI=1S/C18H26N6O2/c19-17(25)15-10-21-16(11-20-15)22-7-3-6-14(12-22)24-9-8-23(18(24)26)13-4-1-2-5-13/h10-11,13-14H,1-9,12H2,(H2,19,25). The van der Waals surface area contributed by atoms with Crippen molar-refractivity contribution in [1.82, 2.24) is 19.8 Å². The van der Waals surface area contributed by atoms with E-state index in [2.05, 4.69) is 24.7 Å². The van der Waals surface area contributed by atoms with E-state index in [1.54, 1.807) is 6.20 Å². The molecular formula is C18H26N6O2. The molecule has 1 aromatic heterocycles. The van der Waals surface area contributed by atoms with E-state index < -0.39 is 5.91 Å². The number of carbonyl (C=O) groups excluding carboxylic acids is 2. The first-order valence-electron chi connectivity index (χ1n) is 9.57. The number of hydrogen-bond donors (Lipinski definition) is 1. The van der Waals surface area contributed by atoms with Crippen molar-refractivity contribution in [1.29, 1.82) is 0 Å². The number of urea groups is 1. The zero-order valence-corrected chi connectivity index (χ0v) is 15.0. The SMILES string of the molecule is NC(=O)c1cnc(N2CCCC(N3CCN(C4CCCC4)C3=O)C2)cn1. The lowest BCUT2D eigenvalue weighted by molar-refractivity contribution is 0.0995. The van der Waals surface area contributed by atoms with Crippen LogP contribution in [0.4, 0.5) is 10.6 Å². The zero-order chi connectivity index (χ0) is 18.1. The van der Waals surface area contributed by atoms with Crippen LogP contribution in [-0.4, -0.2) is 70.0 Å². The molecule has 26 heavy (non-hydrogen) atoms. The molecule has 140 valence electrons. The fourth-order valence-corrected chi connectivity index (χ4v) is 4.49. The van der Waals surface area contributed by atoms with Gasteiger partial charge in [0.25, 0.3) is 5.91 Å². The van der Waals surface area contributed by atoms with E-state index in [1.165, 1.54) is 19.0 Å². The van der Waals surface area contributed by atoms with Crippen molar-refractivity contribution in [2.24, 2.45) is 5.73 Å². The number of primary amides is 1. The Morgan fingerprint density at radius 2 is 1.65 bits per heavy atom. The number of aromatic nitrogens is 2. The number of piperidine rings is 1. The van der Waals surface area contributed by atoms with Crippen LogP contribution in [0.3, 0.4) is 0 Å². The van der Waals surface area contributed by atoms with Gasteiger partial charge in [0.05, 0.1) is 18.4 Å². The van der Waals surface area contributed by atoms with E-state index in [0.717, 1.165) is 57.7 Å². The fraction of sp³-hybridized carbons (Fsp3) is 0.667. The number of hydrogen-bond acceptors (Lipinski definition) is 5. The van der Waals surface area contributed by atoms with Gasteiger partial charge in [-0.2, -0.15) is 0 Å². The van der Waals surface area contributed by atoms with E-state index in [4.69, 9.17) is 5.73 Å². The number of amides is 3. The molecule has 0 aromatic carbocycles. The maximum Gasteiger partial charge on any atom is 0.320 e. The van der Waals surface area contributed by atoms with Gasteiger partial charge in [-0.05, 0) is 25.7 Å². The Balaban J connectivity index is 1.42. The maximum atomic E-state index is 12.9. The van der Waals surface area contributed by atoms with Gasteiger partial charge in [0.1, 0.15) is 11.5 Å². The van der Waals surface area contributed by atoms with E-state index >= 15 is 0 Å². The first-order chi connectivity index (χ1) is 12.6. The van der Waals surface area contributed by atoms with Gasteiger partial charge in [-0.25, -0.2) is 14.8 Å². The molecule has 0 bridgehead atoms. The molecule has 0 spiro atoms. The molecule has 3 fully saturated rings. The van der Waals surface area contributed by atoms with Crippen molar-refractivity contribution in [2.45, 2.75) is 50.6 Å². The van der Waals surface area contributed by atoms with Gasteiger partial charge in [-0.3, -0.25) is 4.79 Å². The van der Waals surface area contributed by atoms with Gasteiger partial charge in [-0.15, -0.1) is 0 Å². The second-order valence-electron chi connectivity index (χ2n) is 7.47. The number of carbonyl (C=O) groups is 2. The summed E-state index contributed by atoms with van der Waals surface area (Å²) in [6, 6.07) is 0.860. The lowest BCUT2D eigenvalue weighted by Crippen LogP contribution is -2.50. The Bertz CT molecular complexity index is 673. The van der Waals surface area contributed by atoms with Crippen LogP contribution in [0.1, 0.15) is 49.0 Å². The van der Waals surface area contributed by atoms with Crippen molar-refractivity contribution < 1.29 is 9.59 Å². The molecule has 3 aliphatic rings. The molecule has 8 nitrogen and oxygen atoms in total. The summed E-state index contributed by atoms with van der Waals surface area (Å²) in [5.74, 6) is 0.161. The van der Waals surface area contributed by atoms with E-state index in [0.29, 0.717) is 6.04 Å². The van der Waals surface area contributed by atoms with Crippen LogP contribution in [0, 0.1) is 0 Å². The third kappa shape index (κ3) is 3.20. The van der Waals surface area contributed by atoms with E-state index in [-0.39, 0.29) is 17.8 Å². The normalized spacial score (nSPS) is 24.5. The third-order valence-corrected chi connectivity index (χ3v) is 5.89. The highest BCUT2D eigenvalue weighted by atomic mass is 16.2. The predicted octanol–water partition coefficient (Wildman–Crippen LogP) is 1.22. The Kier molecular flexibility index (Phi) is 4.65. The maximum absolute atomic E-state index is 12.9. The molecule has 2 aliphatic heterocycles. The second-order valence-corrected chi connectivity index (χ2v) is 7.47. The minimum atomic E-state index is -0.574. The van der Waals surface area contributed by atoms with Crippen molar-refractivity contribution in [3.05, 3.63) is 18.1 Å². The lowest BCUT2D eigenvalue weighted by atomic mass is 10.0. The molecule has 1 atom stereocenters. The molecule has 2 saturated heterocycles. The molecule has 3 heterocycles. The van der Waals surface area contributed by atoms with Crippen molar-refractivity contribution in [3.8, 4) is 0 Å². The van der Waals surface area contributed by atoms with Crippen LogP contribution in [0.5, 0.6) is 0 Å². The molecule has 2 N–H and O–H groups in total. The summed E-state index contributed by atoms with van der Waals surface area (Å²) in [4.78, 5) is 38.8. The second kappa shape index (κ2) is 7.09. The van der Waals surface area contributed by atoms with Gasteiger partial charge in [0.15, 0.2) is 0 Å². The number of nitrogens with zero attached hydrogens (tertiary/aromatic N) is 5. The van der Waals surface area contributed by atoms with Gasteiger partial charge >= 0.3 is 6.03 Å². The van der Waals surface area contributed by atoms with Crippen LogP contribution in [0.25, 0.3) is 0 Å². The van der Waals surface area contributed by atoms with Crippen LogP contribution in [-0.2, 0) is 0 Å². The average molecular weight is 358 g/mol. The molecular weight excluding hydrogens is 332 g/mol. The molecule has 1 aromatic rings. The summed E-state index contributed by atoms with van der Waals surface area (Å²) >= 11 is 0. The predicted molar refractivity (Wildman–Crippen MR) is 96.8 cm³/mol. The zero-order valence-electron chi connectivity index (χ0n) is 15.0. The smallest absolute Gasteiger partial charge is 0.320 e. The molecule has 1 saturated carbocycles. The Labute approximate surface area is 153 Å². The molecule has 4 rings (SSSR count). The molecule has 3 amide bonds. The van der Waals surface area contributed by atoms with Crippen LogP contribution in [0.2, 0.25) is 0 Å². The average Bonchev–Trinajstić information content (AvgIpc) is 3.31. The number of rotatable bonds is 4. The molecule has 0 radical (unpaired) electrons. The minimum absolute atomic E-state index is 0.171. The topological polar surface area (TPSA) is 95.7 Å². The van der Waals surface area contributed by atoms with E-state index in [1.807, 2.05) is 0 Å². The highest BCUT2D eigenvalue weighted by molar-refractivity contribution is 5.90. The summed E-state index contributed by atoms with van der Waals surface area (Å²) in [6.07, 6.45) is 9.83. The van der Waals surface area contributed by atoms with Crippen LogP contribution >= 0.6 is 0 Å². The van der Waals surface area contributed by atoms with Crippen molar-refractivity contribution in [3.63, 3.8) is 0 Å². The summed E-state index contributed by atoms with van der Waals surface area (Å²) in [5, 5.41) is 0. The van der Waals surface area contributed by atoms with Crippen LogP contribution < -0.4 is 10.6 Å². The van der Waals surface area contributed by atoms with Crippen molar-refractivity contribution in [2.75, 3.05) is 31.1 Å².